The van der Waals surface area contributed by atoms with Gasteiger partial charge in [-0.1, -0.05) is 0 Å². The number of nitrogens with one attached hydrogen (secondary N) is 2. The number of pyridine rings is 1. The van der Waals surface area contributed by atoms with Crippen molar-refractivity contribution < 1.29 is 4.79 Å². The maximum Gasteiger partial charge on any atom is 0.266 e. The molecule has 0 aliphatic heterocycles. The Morgan fingerprint density at radius 1 is 1.27 bits per heavy atom. The molecule has 0 spiro atoms. The first-order chi connectivity index (χ1) is 12.5. The number of carbonyl (C=O) groups is 1. The van der Waals surface area contributed by atoms with Gasteiger partial charge in [-0.3, -0.25) is 14.4 Å². The number of H-pyrrole nitrogens is 1. The molecular weight excluding hydrogens is 354 g/mol. The van der Waals surface area contributed by atoms with Crippen molar-refractivity contribution in [1.29, 1.82) is 0 Å². The number of aromatic nitrogens is 4. The molecule has 3 heterocycles. The fraction of sp³-hybridized carbons (Fsp3) is 0.235. The van der Waals surface area contributed by atoms with E-state index in [0.717, 1.165) is 15.6 Å². The Morgan fingerprint density at radius 2 is 2.08 bits per heavy atom. The first-order valence-corrected chi connectivity index (χ1v) is 8.76. The highest BCUT2D eigenvalue weighted by atomic mass is 32.1. The van der Waals surface area contributed by atoms with Gasteiger partial charge in [-0.2, -0.15) is 5.10 Å². The van der Waals surface area contributed by atoms with E-state index in [0.29, 0.717) is 5.69 Å². The van der Waals surface area contributed by atoms with Crippen LogP contribution in [0.1, 0.15) is 21.1 Å². The minimum atomic E-state index is -0.495. The lowest BCUT2D eigenvalue weighted by molar-refractivity contribution is 0.0950. The smallest absolute Gasteiger partial charge is 0.266 e. The first-order valence-electron chi connectivity index (χ1n) is 7.94. The van der Waals surface area contributed by atoms with E-state index < -0.39 is 11.5 Å². The molecule has 3 aromatic heterocycles. The monoisotopic (exact) mass is 371 g/mol. The Hall–Kier alpha value is -3.07. The van der Waals surface area contributed by atoms with E-state index in [-0.39, 0.29) is 24.2 Å². The molecule has 9 heteroatoms. The van der Waals surface area contributed by atoms with Crippen LogP contribution in [0.5, 0.6) is 0 Å². The molecule has 26 heavy (non-hydrogen) atoms. The number of hydrogen-bond donors (Lipinski definition) is 2. The van der Waals surface area contributed by atoms with E-state index >= 15 is 0 Å². The van der Waals surface area contributed by atoms with Gasteiger partial charge in [-0.05, 0) is 32.0 Å². The second-order valence-corrected chi connectivity index (χ2v) is 6.80. The van der Waals surface area contributed by atoms with Gasteiger partial charge < -0.3 is 10.3 Å². The molecule has 3 rings (SSSR count). The van der Waals surface area contributed by atoms with Crippen LogP contribution >= 0.6 is 11.3 Å². The summed E-state index contributed by atoms with van der Waals surface area (Å²) in [6.07, 6.45) is 1.46. The topological polar surface area (TPSA) is 110 Å². The number of nitrogens with zero attached hydrogens (tertiary/aromatic N) is 3. The molecule has 1 amide bonds. The van der Waals surface area contributed by atoms with E-state index in [1.54, 1.807) is 12.1 Å². The fourth-order valence-corrected chi connectivity index (χ4v) is 3.35. The predicted octanol–water partition coefficient (Wildman–Crippen LogP) is 1.10. The number of hydrogen-bond acceptors (Lipinski definition) is 6. The summed E-state index contributed by atoms with van der Waals surface area (Å²) in [5, 5.41) is 7.91. The normalized spacial score (nSPS) is 10.7. The summed E-state index contributed by atoms with van der Waals surface area (Å²) >= 11 is 1.51. The van der Waals surface area contributed by atoms with Crippen molar-refractivity contribution in [3.8, 4) is 10.6 Å². The lowest BCUT2D eigenvalue weighted by Gasteiger charge is -2.08. The third kappa shape index (κ3) is 3.77. The molecule has 8 nitrogen and oxygen atoms in total. The zero-order valence-electron chi connectivity index (χ0n) is 14.3. The fourth-order valence-electron chi connectivity index (χ4n) is 2.47. The van der Waals surface area contributed by atoms with Gasteiger partial charge >= 0.3 is 0 Å². The summed E-state index contributed by atoms with van der Waals surface area (Å²) < 4.78 is 1.29. The van der Waals surface area contributed by atoms with Crippen molar-refractivity contribution in [2.45, 2.75) is 20.4 Å². The standard InChI is InChI=1S/C17H17N5O3S/c1-10-15(26-11(2)20-10)13-5-6-14(23)22(21-13)9-8-19-17(25)12-4-3-7-18-16(12)24/h3-7H,8-9H2,1-2H3,(H,18,24)(H,19,25). The van der Waals surface area contributed by atoms with E-state index in [2.05, 4.69) is 20.4 Å². The second-order valence-electron chi connectivity index (χ2n) is 5.60. The van der Waals surface area contributed by atoms with Crippen LogP contribution in [0.3, 0.4) is 0 Å². The van der Waals surface area contributed by atoms with Gasteiger partial charge in [0.2, 0.25) is 0 Å². The van der Waals surface area contributed by atoms with Crippen molar-refractivity contribution >= 4 is 17.2 Å². The molecule has 2 N–H and O–H groups in total. The Labute approximate surface area is 152 Å². The molecule has 0 unspecified atom stereocenters. The summed E-state index contributed by atoms with van der Waals surface area (Å²) in [4.78, 5) is 43.4. The number of aromatic amines is 1. The molecule has 134 valence electrons. The quantitative estimate of drug-likeness (QED) is 0.698. The Balaban J connectivity index is 1.72. The van der Waals surface area contributed by atoms with Crippen LogP contribution in [0.4, 0.5) is 0 Å². The largest absolute Gasteiger partial charge is 0.350 e. The van der Waals surface area contributed by atoms with Crippen LogP contribution in [0.15, 0.2) is 40.1 Å². The van der Waals surface area contributed by atoms with Gasteiger partial charge in [0.1, 0.15) is 11.3 Å². The molecule has 0 aromatic carbocycles. The third-order valence-electron chi connectivity index (χ3n) is 3.67. The molecular formula is C17H17N5O3S. The van der Waals surface area contributed by atoms with Gasteiger partial charge in [-0.15, -0.1) is 11.3 Å². The van der Waals surface area contributed by atoms with E-state index in [9.17, 15) is 14.4 Å². The summed E-state index contributed by atoms with van der Waals surface area (Å²) in [5.41, 5.74) is 0.829. The maximum absolute atomic E-state index is 12.0. The minimum Gasteiger partial charge on any atom is -0.350 e. The average molecular weight is 371 g/mol. The van der Waals surface area contributed by atoms with Crippen molar-refractivity contribution in [2.75, 3.05) is 6.54 Å². The van der Waals surface area contributed by atoms with Gasteiger partial charge in [0.05, 0.1) is 22.1 Å². The van der Waals surface area contributed by atoms with Crippen molar-refractivity contribution in [2.24, 2.45) is 0 Å². The molecule has 0 aliphatic rings. The Morgan fingerprint density at radius 3 is 2.77 bits per heavy atom. The lowest BCUT2D eigenvalue weighted by Crippen LogP contribution is -2.34. The average Bonchev–Trinajstić information content (AvgIpc) is 2.95. The highest BCUT2D eigenvalue weighted by Crippen LogP contribution is 2.27. The van der Waals surface area contributed by atoms with Gasteiger partial charge in [0.15, 0.2) is 0 Å². The SMILES string of the molecule is Cc1nc(C)c(-c2ccc(=O)n(CCNC(=O)c3ccc[nH]c3=O)n2)s1. The third-order valence-corrected chi connectivity index (χ3v) is 4.77. The second kappa shape index (κ2) is 7.44. The van der Waals surface area contributed by atoms with E-state index in [1.807, 2.05) is 13.8 Å². The summed E-state index contributed by atoms with van der Waals surface area (Å²) in [5.74, 6) is -0.495. The van der Waals surface area contributed by atoms with Crippen molar-refractivity contribution in [3.05, 3.63) is 67.4 Å². The minimum absolute atomic E-state index is 0.0253. The molecule has 0 radical (unpaired) electrons. The number of rotatable bonds is 5. The Bertz CT molecular complexity index is 1070. The highest BCUT2D eigenvalue weighted by molar-refractivity contribution is 7.15. The van der Waals surface area contributed by atoms with Crippen LogP contribution < -0.4 is 16.4 Å². The van der Waals surface area contributed by atoms with E-state index in [4.69, 9.17) is 0 Å². The predicted molar refractivity (Wildman–Crippen MR) is 98.5 cm³/mol. The first kappa shape index (κ1) is 17.7. The van der Waals surface area contributed by atoms with Crippen LogP contribution in [0.2, 0.25) is 0 Å². The Kier molecular flexibility index (Phi) is 5.08. The maximum atomic E-state index is 12.0. The summed E-state index contributed by atoms with van der Waals surface area (Å²) in [6.45, 7) is 4.18. The number of carbonyl (C=O) groups excluding carboxylic acids is 1. The van der Waals surface area contributed by atoms with Crippen LogP contribution in [-0.2, 0) is 6.54 Å². The zero-order valence-corrected chi connectivity index (χ0v) is 15.1. The van der Waals surface area contributed by atoms with Gasteiger partial charge in [0.25, 0.3) is 17.0 Å². The highest BCUT2D eigenvalue weighted by Gasteiger charge is 2.12. The van der Waals surface area contributed by atoms with E-state index in [1.165, 1.54) is 34.3 Å². The van der Waals surface area contributed by atoms with Crippen LogP contribution in [-0.4, -0.2) is 32.2 Å². The number of thiazole rings is 1. The van der Waals surface area contributed by atoms with Gasteiger partial charge in [-0.25, -0.2) is 9.67 Å². The molecule has 3 aromatic rings. The summed E-state index contributed by atoms with van der Waals surface area (Å²) in [7, 11) is 0. The molecule has 0 aliphatic carbocycles. The molecule has 0 saturated heterocycles. The van der Waals surface area contributed by atoms with Crippen molar-refractivity contribution in [3.63, 3.8) is 0 Å². The molecule has 0 saturated carbocycles. The lowest BCUT2D eigenvalue weighted by atomic mass is 10.2. The van der Waals surface area contributed by atoms with Crippen LogP contribution in [0.25, 0.3) is 10.6 Å². The van der Waals surface area contributed by atoms with Gasteiger partial charge in [0, 0.05) is 18.8 Å². The molecule has 0 fully saturated rings. The van der Waals surface area contributed by atoms with Crippen LogP contribution in [0, 0.1) is 13.8 Å². The number of aryl methyl sites for hydroxylation is 2. The number of amides is 1. The van der Waals surface area contributed by atoms with Crippen molar-refractivity contribution in [1.82, 2.24) is 25.1 Å². The summed E-state index contributed by atoms with van der Waals surface area (Å²) in [6, 6.07) is 6.13. The zero-order chi connectivity index (χ0) is 18.7. The molecule has 0 atom stereocenters. The molecule has 0 bridgehead atoms.